The Bertz CT molecular complexity index is 457. The van der Waals surface area contributed by atoms with Gasteiger partial charge in [-0.05, 0) is 32.1 Å². The largest absolute Gasteiger partial charge is 0.481 e. The summed E-state index contributed by atoms with van der Waals surface area (Å²) in [5, 5.41) is 20.0. The zero-order valence-electron chi connectivity index (χ0n) is 10.7. The van der Waals surface area contributed by atoms with E-state index in [0.29, 0.717) is 12.5 Å². The van der Waals surface area contributed by atoms with E-state index in [1.165, 1.54) is 0 Å². The third-order valence-corrected chi connectivity index (χ3v) is 3.65. The maximum atomic E-state index is 10.8. The van der Waals surface area contributed by atoms with Crippen molar-refractivity contribution < 1.29 is 9.90 Å². The van der Waals surface area contributed by atoms with E-state index in [0.717, 1.165) is 30.7 Å². The first-order valence-electron chi connectivity index (χ1n) is 6.14. The van der Waals surface area contributed by atoms with Crippen molar-refractivity contribution in [2.45, 2.75) is 39.5 Å². The van der Waals surface area contributed by atoms with E-state index in [9.17, 15) is 4.79 Å². The Morgan fingerprint density at radius 3 is 2.56 bits per heavy atom. The number of aryl methyl sites for hydroxylation is 2. The van der Waals surface area contributed by atoms with Crippen molar-refractivity contribution in [3.05, 3.63) is 11.4 Å². The highest BCUT2D eigenvalue weighted by atomic mass is 16.4. The van der Waals surface area contributed by atoms with Crippen molar-refractivity contribution in [3.8, 4) is 0 Å². The van der Waals surface area contributed by atoms with Gasteiger partial charge in [0.25, 0.3) is 0 Å². The van der Waals surface area contributed by atoms with Crippen LogP contribution in [0, 0.1) is 19.3 Å². The minimum Gasteiger partial charge on any atom is -0.481 e. The molecular formula is C12H18N4O2. The number of aliphatic carboxylic acids is 1. The molecule has 0 aromatic carbocycles. The monoisotopic (exact) mass is 250 g/mol. The highest BCUT2D eigenvalue weighted by molar-refractivity contribution is 5.68. The molecular weight excluding hydrogens is 232 g/mol. The predicted octanol–water partition coefficient (Wildman–Crippen LogP) is 1.55. The predicted molar refractivity (Wildman–Crippen MR) is 66.3 cm³/mol. The molecule has 6 nitrogen and oxygen atoms in total. The molecule has 1 aliphatic carbocycles. The zero-order chi connectivity index (χ0) is 13.2. The van der Waals surface area contributed by atoms with Gasteiger partial charge in [-0.25, -0.2) is 4.98 Å². The van der Waals surface area contributed by atoms with E-state index in [-0.39, 0.29) is 11.8 Å². The van der Waals surface area contributed by atoms with Crippen molar-refractivity contribution in [2.24, 2.45) is 5.41 Å². The molecule has 0 radical (unpaired) electrons. The maximum Gasteiger partial charge on any atom is 0.303 e. The van der Waals surface area contributed by atoms with Gasteiger partial charge in [0.05, 0.1) is 17.8 Å². The van der Waals surface area contributed by atoms with Gasteiger partial charge < -0.3 is 10.4 Å². The number of carbonyl (C=O) groups is 1. The van der Waals surface area contributed by atoms with E-state index >= 15 is 0 Å². The van der Waals surface area contributed by atoms with Gasteiger partial charge in [-0.1, -0.05) is 6.42 Å². The number of nitrogens with one attached hydrogen (secondary N) is 1. The molecule has 1 heterocycles. The number of anilines is 1. The number of nitrogens with zero attached hydrogens (tertiary/aromatic N) is 3. The van der Waals surface area contributed by atoms with E-state index in [1.54, 1.807) is 0 Å². The minimum absolute atomic E-state index is 0.131. The zero-order valence-corrected chi connectivity index (χ0v) is 10.7. The van der Waals surface area contributed by atoms with E-state index in [4.69, 9.17) is 5.11 Å². The Morgan fingerprint density at radius 1 is 1.33 bits per heavy atom. The van der Waals surface area contributed by atoms with E-state index in [2.05, 4.69) is 20.5 Å². The fourth-order valence-electron chi connectivity index (χ4n) is 2.21. The Kier molecular flexibility index (Phi) is 3.45. The standard InChI is InChI=1S/C12H18N4O2/c1-8-9(2)15-16-11(14-8)13-7-12(4-3-5-12)6-10(17)18/h3-7H2,1-2H3,(H,17,18)(H,13,14,16). The number of aromatic nitrogens is 3. The first-order chi connectivity index (χ1) is 8.51. The molecule has 0 bridgehead atoms. The molecule has 98 valence electrons. The van der Waals surface area contributed by atoms with Crippen LogP contribution in [-0.2, 0) is 4.79 Å². The van der Waals surface area contributed by atoms with Crippen LogP contribution >= 0.6 is 0 Å². The SMILES string of the molecule is Cc1nnc(NCC2(CC(=O)O)CCC2)nc1C. The highest BCUT2D eigenvalue weighted by Gasteiger charge is 2.38. The summed E-state index contributed by atoms with van der Waals surface area (Å²) >= 11 is 0. The number of carboxylic acids is 1. The fraction of sp³-hybridized carbons (Fsp3) is 0.667. The lowest BCUT2D eigenvalue weighted by Gasteiger charge is -2.40. The summed E-state index contributed by atoms with van der Waals surface area (Å²) in [6, 6.07) is 0. The van der Waals surface area contributed by atoms with Crippen molar-refractivity contribution in [2.75, 3.05) is 11.9 Å². The van der Waals surface area contributed by atoms with Crippen LogP contribution in [0.1, 0.15) is 37.1 Å². The smallest absolute Gasteiger partial charge is 0.303 e. The molecule has 0 unspecified atom stereocenters. The summed E-state index contributed by atoms with van der Waals surface area (Å²) in [4.78, 5) is 15.1. The number of hydrogen-bond acceptors (Lipinski definition) is 5. The Morgan fingerprint density at radius 2 is 2.06 bits per heavy atom. The number of rotatable bonds is 5. The Labute approximate surface area is 106 Å². The maximum absolute atomic E-state index is 10.8. The van der Waals surface area contributed by atoms with Gasteiger partial charge in [0, 0.05) is 6.54 Å². The van der Waals surface area contributed by atoms with Crippen LogP contribution in [0.25, 0.3) is 0 Å². The van der Waals surface area contributed by atoms with Crippen LogP contribution in [0.5, 0.6) is 0 Å². The van der Waals surface area contributed by atoms with Gasteiger partial charge in [0.15, 0.2) is 0 Å². The first kappa shape index (κ1) is 12.7. The molecule has 18 heavy (non-hydrogen) atoms. The third kappa shape index (κ3) is 2.75. The van der Waals surface area contributed by atoms with Gasteiger partial charge in [-0.15, -0.1) is 5.10 Å². The fourth-order valence-corrected chi connectivity index (χ4v) is 2.21. The summed E-state index contributed by atoms with van der Waals surface area (Å²) in [6.07, 6.45) is 3.20. The second kappa shape index (κ2) is 4.88. The van der Waals surface area contributed by atoms with Crippen molar-refractivity contribution in [3.63, 3.8) is 0 Å². The van der Waals surface area contributed by atoms with Gasteiger partial charge in [0.2, 0.25) is 5.95 Å². The average Bonchev–Trinajstić information content (AvgIpc) is 2.26. The minimum atomic E-state index is -0.740. The van der Waals surface area contributed by atoms with Crippen molar-refractivity contribution in [1.82, 2.24) is 15.2 Å². The van der Waals surface area contributed by atoms with Gasteiger partial charge in [0.1, 0.15) is 0 Å². The molecule has 0 amide bonds. The molecule has 1 aliphatic rings. The molecule has 1 aromatic rings. The molecule has 0 spiro atoms. The normalized spacial score (nSPS) is 17.0. The van der Waals surface area contributed by atoms with Crippen LogP contribution in [0.3, 0.4) is 0 Å². The lowest BCUT2D eigenvalue weighted by Crippen LogP contribution is -2.39. The molecule has 1 aromatic heterocycles. The highest BCUT2D eigenvalue weighted by Crippen LogP contribution is 2.43. The molecule has 6 heteroatoms. The lowest BCUT2D eigenvalue weighted by molar-refractivity contribution is -0.141. The van der Waals surface area contributed by atoms with Gasteiger partial charge in [-0.2, -0.15) is 5.10 Å². The molecule has 0 saturated heterocycles. The lowest BCUT2D eigenvalue weighted by atomic mass is 9.66. The van der Waals surface area contributed by atoms with Crippen LogP contribution in [-0.4, -0.2) is 32.8 Å². The summed E-state index contributed by atoms with van der Waals surface area (Å²) < 4.78 is 0. The number of hydrogen-bond donors (Lipinski definition) is 2. The molecule has 0 aliphatic heterocycles. The number of carboxylic acid groups (broad SMARTS) is 1. The topological polar surface area (TPSA) is 88.0 Å². The van der Waals surface area contributed by atoms with Crippen molar-refractivity contribution >= 4 is 11.9 Å². The van der Waals surface area contributed by atoms with E-state index < -0.39 is 5.97 Å². The van der Waals surface area contributed by atoms with Crippen LogP contribution in [0.2, 0.25) is 0 Å². The van der Waals surface area contributed by atoms with Crippen LogP contribution < -0.4 is 5.32 Å². The molecule has 2 N–H and O–H groups in total. The summed E-state index contributed by atoms with van der Waals surface area (Å²) in [5.74, 6) is -0.259. The van der Waals surface area contributed by atoms with Gasteiger partial charge >= 0.3 is 5.97 Å². The van der Waals surface area contributed by atoms with Crippen molar-refractivity contribution in [1.29, 1.82) is 0 Å². The Balaban J connectivity index is 1.97. The summed E-state index contributed by atoms with van der Waals surface area (Å²) in [5.41, 5.74) is 1.52. The van der Waals surface area contributed by atoms with Gasteiger partial charge in [-0.3, -0.25) is 4.79 Å². The third-order valence-electron chi connectivity index (χ3n) is 3.65. The summed E-state index contributed by atoms with van der Waals surface area (Å²) in [6.45, 7) is 4.34. The van der Waals surface area contributed by atoms with E-state index in [1.807, 2.05) is 13.8 Å². The quantitative estimate of drug-likeness (QED) is 0.824. The molecule has 0 atom stereocenters. The summed E-state index contributed by atoms with van der Waals surface area (Å²) in [7, 11) is 0. The Hall–Kier alpha value is -1.72. The molecule has 2 rings (SSSR count). The first-order valence-corrected chi connectivity index (χ1v) is 6.14. The second-order valence-electron chi connectivity index (χ2n) is 5.08. The van der Waals surface area contributed by atoms with Crippen LogP contribution in [0.15, 0.2) is 0 Å². The van der Waals surface area contributed by atoms with Crippen LogP contribution in [0.4, 0.5) is 5.95 Å². The molecule has 1 fully saturated rings. The average molecular weight is 250 g/mol. The second-order valence-corrected chi connectivity index (χ2v) is 5.08. The molecule has 1 saturated carbocycles.